The molecule has 2 N–H and O–H groups in total. The molecule has 20 heavy (non-hydrogen) atoms. The number of aromatic nitrogens is 2. The zero-order valence-electron chi connectivity index (χ0n) is 11.3. The van der Waals surface area contributed by atoms with Gasteiger partial charge in [-0.25, -0.2) is 4.98 Å². The van der Waals surface area contributed by atoms with E-state index in [2.05, 4.69) is 29.1 Å². The molecule has 0 aliphatic heterocycles. The molecule has 102 valence electrons. The van der Waals surface area contributed by atoms with Crippen LogP contribution in [0.3, 0.4) is 0 Å². The van der Waals surface area contributed by atoms with Crippen molar-refractivity contribution in [1.29, 1.82) is 0 Å². The van der Waals surface area contributed by atoms with E-state index in [9.17, 15) is 4.79 Å². The number of fused-ring (bicyclic) bond motifs is 1. The zero-order valence-corrected chi connectivity index (χ0v) is 12.1. The number of nitrogens with one attached hydrogen (secondary N) is 2. The van der Waals surface area contributed by atoms with Gasteiger partial charge in [0.25, 0.3) is 5.91 Å². The van der Waals surface area contributed by atoms with Gasteiger partial charge >= 0.3 is 0 Å². The number of amides is 1. The van der Waals surface area contributed by atoms with Crippen LogP contribution in [0.15, 0.2) is 35.8 Å². The number of anilines is 1. The lowest BCUT2D eigenvalue weighted by Gasteiger charge is -2.03. The van der Waals surface area contributed by atoms with E-state index in [0.717, 1.165) is 16.6 Å². The minimum atomic E-state index is -0.125. The van der Waals surface area contributed by atoms with Gasteiger partial charge < -0.3 is 4.98 Å². The fraction of sp³-hybridized carbons (Fsp3) is 0.200. The summed E-state index contributed by atoms with van der Waals surface area (Å²) in [6.45, 7) is 4.17. The summed E-state index contributed by atoms with van der Waals surface area (Å²) in [7, 11) is 0. The fourth-order valence-electron chi connectivity index (χ4n) is 2.06. The normalized spacial score (nSPS) is 11.2. The first kappa shape index (κ1) is 12.9. The van der Waals surface area contributed by atoms with Crippen molar-refractivity contribution in [1.82, 2.24) is 9.97 Å². The molecule has 0 atom stereocenters. The summed E-state index contributed by atoms with van der Waals surface area (Å²) in [5, 5.41) is 6.42. The van der Waals surface area contributed by atoms with E-state index >= 15 is 0 Å². The highest BCUT2D eigenvalue weighted by molar-refractivity contribution is 7.14. The average Bonchev–Trinajstić information content (AvgIpc) is 3.05. The number of carbonyl (C=O) groups excluding carboxylic acids is 1. The van der Waals surface area contributed by atoms with Crippen LogP contribution >= 0.6 is 11.3 Å². The lowest BCUT2D eigenvalue weighted by molar-refractivity contribution is 0.102. The topological polar surface area (TPSA) is 57.8 Å². The number of hydrogen-bond donors (Lipinski definition) is 2. The van der Waals surface area contributed by atoms with Crippen molar-refractivity contribution >= 4 is 33.3 Å². The SMILES string of the molecule is CC(C)c1csc(NC(=O)c2cccc3[nH]ccc23)n1. The Balaban J connectivity index is 1.87. The second-order valence-electron chi connectivity index (χ2n) is 4.93. The molecule has 0 aliphatic rings. The van der Waals surface area contributed by atoms with Crippen LogP contribution in [-0.4, -0.2) is 15.9 Å². The third-order valence-corrected chi connectivity index (χ3v) is 3.95. The highest BCUT2D eigenvalue weighted by atomic mass is 32.1. The van der Waals surface area contributed by atoms with Crippen molar-refractivity contribution in [2.45, 2.75) is 19.8 Å². The van der Waals surface area contributed by atoms with Gasteiger partial charge in [-0.2, -0.15) is 0 Å². The summed E-state index contributed by atoms with van der Waals surface area (Å²) in [6.07, 6.45) is 1.84. The minimum Gasteiger partial charge on any atom is -0.361 e. The molecule has 2 heterocycles. The largest absolute Gasteiger partial charge is 0.361 e. The summed E-state index contributed by atoms with van der Waals surface area (Å²) >= 11 is 1.46. The average molecular weight is 285 g/mol. The van der Waals surface area contributed by atoms with Gasteiger partial charge in [0.15, 0.2) is 5.13 Å². The fourth-order valence-corrected chi connectivity index (χ4v) is 2.92. The van der Waals surface area contributed by atoms with Gasteiger partial charge in [0.1, 0.15) is 0 Å². The molecule has 1 amide bonds. The third-order valence-electron chi connectivity index (χ3n) is 3.17. The molecular weight excluding hydrogens is 270 g/mol. The number of benzene rings is 1. The molecule has 1 aromatic carbocycles. The highest BCUT2D eigenvalue weighted by Gasteiger charge is 2.13. The van der Waals surface area contributed by atoms with E-state index in [1.165, 1.54) is 11.3 Å². The molecule has 3 rings (SSSR count). The molecule has 0 aliphatic carbocycles. The molecule has 0 bridgehead atoms. The lowest BCUT2D eigenvalue weighted by Crippen LogP contribution is -2.12. The van der Waals surface area contributed by atoms with Crippen molar-refractivity contribution in [3.05, 3.63) is 47.1 Å². The Bertz CT molecular complexity index is 757. The van der Waals surface area contributed by atoms with Crippen LogP contribution in [0.5, 0.6) is 0 Å². The Labute approximate surface area is 120 Å². The van der Waals surface area contributed by atoms with Gasteiger partial charge in [0.2, 0.25) is 0 Å². The van der Waals surface area contributed by atoms with Gasteiger partial charge in [0, 0.05) is 28.0 Å². The van der Waals surface area contributed by atoms with Crippen LogP contribution < -0.4 is 5.32 Å². The quantitative estimate of drug-likeness (QED) is 0.764. The van der Waals surface area contributed by atoms with E-state index in [4.69, 9.17) is 0 Å². The monoisotopic (exact) mass is 285 g/mol. The van der Waals surface area contributed by atoms with Crippen LogP contribution in [0.1, 0.15) is 35.8 Å². The molecule has 0 spiro atoms. The molecular formula is C15H15N3OS. The smallest absolute Gasteiger partial charge is 0.258 e. The number of carbonyl (C=O) groups is 1. The van der Waals surface area contributed by atoms with Gasteiger partial charge in [-0.1, -0.05) is 19.9 Å². The maximum atomic E-state index is 12.3. The van der Waals surface area contributed by atoms with E-state index in [-0.39, 0.29) is 5.91 Å². The van der Waals surface area contributed by atoms with Gasteiger partial charge in [-0.15, -0.1) is 11.3 Å². The number of H-pyrrole nitrogens is 1. The predicted molar refractivity (Wildman–Crippen MR) is 82.5 cm³/mol. The Hall–Kier alpha value is -2.14. The first-order valence-electron chi connectivity index (χ1n) is 6.48. The molecule has 0 unspecified atom stereocenters. The first-order valence-corrected chi connectivity index (χ1v) is 7.36. The van der Waals surface area contributed by atoms with Crippen LogP contribution in [0.2, 0.25) is 0 Å². The maximum Gasteiger partial charge on any atom is 0.258 e. The van der Waals surface area contributed by atoms with Gasteiger partial charge in [-0.3, -0.25) is 10.1 Å². The van der Waals surface area contributed by atoms with Crippen molar-refractivity contribution in [2.24, 2.45) is 0 Å². The number of rotatable bonds is 3. The molecule has 2 aromatic heterocycles. The Morgan fingerprint density at radius 1 is 1.35 bits per heavy atom. The summed E-state index contributed by atoms with van der Waals surface area (Å²) in [4.78, 5) is 19.9. The molecule has 4 nitrogen and oxygen atoms in total. The summed E-state index contributed by atoms with van der Waals surface area (Å²) in [6, 6.07) is 7.55. The minimum absolute atomic E-state index is 0.125. The number of thiazole rings is 1. The van der Waals surface area contributed by atoms with E-state index < -0.39 is 0 Å². The molecule has 5 heteroatoms. The summed E-state index contributed by atoms with van der Waals surface area (Å²) in [5.74, 6) is 0.241. The van der Waals surface area contributed by atoms with Gasteiger partial charge in [-0.05, 0) is 24.1 Å². The Kier molecular flexibility index (Phi) is 3.28. The lowest BCUT2D eigenvalue weighted by atomic mass is 10.1. The summed E-state index contributed by atoms with van der Waals surface area (Å²) < 4.78 is 0. The summed E-state index contributed by atoms with van der Waals surface area (Å²) in [5.41, 5.74) is 2.62. The number of nitrogens with zero attached hydrogens (tertiary/aromatic N) is 1. The van der Waals surface area contributed by atoms with Gasteiger partial charge in [0.05, 0.1) is 5.69 Å². The molecule has 3 aromatic rings. The van der Waals surface area contributed by atoms with Crippen molar-refractivity contribution in [2.75, 3.05) is 5.32 Å². The van der Waals surface area contributed by atoms with E-state index in [1.54, 1.807) is 0 Å². The molecule has 0 saturated carbocycles. The Morgan fingerprint density at radius 3 is 2.95 bits per heavy atom. The standard InChI is InChI=1S/C15H15N3OS/c1-9(2)13-8-20-15(17-13)18-14(19)11-4-3-5-12-10(11)6-7-16-12/h3-9,16H,1-2H3,(H,17,18,19). The van der Waals surface area contributed by atoms with Crippen molar-refractivity contribution in [3.8, 4) is 0 Å². The molecule has 0 fully saturated rings. The third kappa shape index (κ3) is 2.32. The maximum absolute atomic E-state index is 12.3. The first-order chi connectivity index (χ1) is 9.65. The van der Waals surface area contributed by atoms with Crippen LogP contribution in [0, 0.1) is 0 Å². The second kappa shape index (κ2) is 5.09. The number of aromatic amines is 1. The van der Waals surface area contributed by atoms with Crippen LogP contribution in [0.25, 0.3) is 10.9 Å². The second-order valence-corrected chi connectivity index (χ2v) is 5.79. The molecule has 0 radical (unpaired) electrons. The van der Waals surface area contributed by atoms with Crippen LogP contribution in [0.4, 0.5) is 5.13 Å². The van der Waals surface area contributed by atoms with E-state index in [1.807, 2.05) is 35.8 Å². The number of hydrogen-bond acceptors (Lipinski definition) is 3. The predicted octanol–water partition coefficient (Wildman–Crippen LogP) is 4.00. The molecule has 0 saturated heterocycles. The zero-order chi connectivity index (χ0) is 14.1. The van der Waals surface area contributed by atoms with Crippen LogP contribution in [-0.2, 0) is 0 Å². The van der Waals surface area contributed by atoms with Crippen molar-refractivity contribution < 1.29 is 4.79 Å². The highest BCUT2D eigenvalue weighted by Crippen LogP contribution is 2.23. The van der Waals surface area contributed by atoms with E-state index in [0.29, 0.717) is 16.6 Å². The Morgan fingerprint density at radius 2 is 2.20 bits per heavy atom. The van der Waals surface area contributed by atoms with Crippen molar-refractivity contribution in [3.63, 3.8) is 0 Å².